The van der Waals surface area contributed by atoms with Crippen molar-refractivity contribution in [1.29, 1.82) is 0 Å². The molecule has 0 amide bonds. The predicted octanol–water partition coefficient (Wildman–Crippen LogP) is 0.221. The Bertz CT molecular complexity index is 160. The summed E-state index contributed by atoms with van der Waals surface area (Å²) in [5, 5.41) is 4.59. The maximum atomic E-state index is 5.36. The second-order valence-corrected chi connectivity index (χ2v) is 3.96. The smallest absolute Gasteiger partial charge is 0.0481 e. The fourth-order valence-corrected chi connectivity index (χ4v) is 2.29. The summed E-state index contributed by atoms with van der Waals surface area (Å²) in [5.74, 6) is 0. The highest BCUT2D eigenvalue weighted by atomic mass is 16.5. The largest absolute Gasteiger partial charge is 0.381 e. The van der Waals surface area contributed by atoms with Crippen LogP contribution in [0.15, 0.2) is 0 Å². The zero-order valence-electron chi connectivity index (χ0n) is 8.49. The third kappa shape index (κ3) is 1.86. The molecule has 0 saturated carbocycles. The average Bonchev–Trinajstić information content (AvgIpc) is 2.48. The molecule has 0 aromatic heterocycles. The Morgan fingerprint density at radius 1 is 1.31 bits per heavy atom. The first-order chi connectivity index (χ1) is 6.29. The SMILES string of the molecule is CC1CNN(C)N1C1CCOCC1. The topological polar surface area (TPSA) is 27.7 Å². The van der Waals surface area contributed by atoms with Gasteiger partial charge in [-0.25, -0.2) is 10.4 Å². The van der Waals surface area contributed by atoms with E-state index >= 15 is 0 Å². The third-order valence-electron chi connectivity index (χ3n) is 2.98. The molecule has 2 aliphatic heterocycles. The highest BCUT2D eigenvalue weighted by Crippen LogP contribution is 2.20. The lowest BCUT2D eigenvalue weighted by atomic mass is 10.1. The van der Waals surface area contributed by atoms with E-state index < -0.39 is 0 Å². The third-order valence-corrected chi connectivity index (χ3v) is 2.98. The van der Waals surface area contributed by atoms with Crippen LogP contribution in [0.4, 0.5) is 0 Å². The van der Waals surface area contributed by atoms with Crippen molar-refractivity contribution in [3.63, 3.8) is 0 Å². The van der Waals surface area contributed by atoms with Gasteiger partial charge in [-0.3, -0.25) is 0 Å². The molecule has 1 N–H and O–H groups in total. The lowest BCUT2D eigenvalue weighted by Crippen LogP contribution is -2.49. The Kier molecular flexibility index (Phi) is 2.83. The fraction of sp³-hybridized carbons (Fsp3) is 1.00. The van der Waals surface area contributed by atoms with Gasteiger partial charge in [0.15, 0.2) is 0 Å². The van der Waals surface area contributed by atoms with Crippen LogP contribution in [0.3, 0.4) is 0 Å². The monoisotopic (exact) mass is 185 g/mol. The van der Waals surface area contributed by atoms with Crippen molar-refractivity contribution in [2.75, 3.05) is 26.8 Å². The van der Waals surface area contributed by atoms with Crippen LogP contribution < -0.4 is 5.43 Å². The second-order valence-electron chi connectivity index (χ2n) is 3.96. The van der Waals surface area contributed by atoms with Gasteiger partial charge < -0.3 is 4.74 Å². The average molecular weight is 185 g/mol. The minimum atomic E-state index is 0.619. The van der Waals surface area contributed by atoms with Crippen LogP contribution in [0.1, 0.15) is 19.8 Å². The molecule has 0 spiro atoms. The summed E-state index contributed by atoms with van der Waals surface area (Å²) in [7, 11) is 2.10. The standard InChI is InChI=1S/C9H19N3O/c1-8-7-10-11(2)12(8)9-3-5-13-6-4-9/h8-10H,3-7H2,1-2H3. The Morgan fingerprint density at radius 2 is 2.00 bits per heavy atom. The van der Waals surface area contributed by atoms with Crippen LogP contribution in [0, 0.1) is 0 Å². The summed E-state index contributed by atoms with van der Waals surface area (Å²) < 4.78 is 5.36. The highest BCUT2D eigenvalue weighted by Gasteiger charge is 2.32. The van der Waals surface area contributed by atoms with Gasteiger partial charge in [-0.15, -0.1) is 0 Å². The van der Waals surface area contributed by atoms with E-state index in [-0.39, 0.29) is 0 Å². The summed E-state index contributed by atoms with van der Waals surface area (Å²) in [6.45, 7) is 5.17. The van der Waals surface area contributed by atoms with Gasteiger partial charge in [0.2, 0.25) is 0 Å². The molecule has 4 heteroatoms. The number of nitrogens with one attached hydrogen (secondary N) is 1. The van der Waals surface area contributed by atoms with Gasteiger partial charge in [-0.2, -0.15) is 5.12 Å². The van der Waals surface area contributed by atoms with E-state index in [4.69, 9.17) is 4.74 Å². The Hall–Kier alpha value is -0.160. The van der Waals surface area contributed by atoms with Crippen molar-refractivity contribution in [3.05, 3.63) is 0 Å². The molecule has 1 unspecified atom stereocenters. The zero-order chi connectivity index (χ0) is 9.26. The molecule has 0 aromatic carbocycles. The van der Waals surface area contributed by atoms with E-state index in [1.807, 2.05) is 0 Å². The van der Waals surface area contributed by atoms with Crippen LogP contribution in [0.2, 0.25) is 0 Å². The van der Waals surface area contributed by atoms with E-state index in [9.17, 15) is 0 Å². The van der Waals surface area contributed by atoms with Crippen LogP contribution in [0.25, 0.3) is 0 Å². The molecule has 2 saturated heterocycles. The van der Waals surface area contributed by atoms with Crippen molar-refractivity contribution >= 4 is 0 Å². The van der Waals surface area contributed by atoms with Crippen LogP contribution >= 0.6 is 0 Å². The second kappa shape index (κ2) is 3.92. The van der Waals surface area contributed by atoms with E-state index in [2.05, 4.69) is 29.5 Å². The van der Waals surface area contributed by atoms with Gasteiger partial charge >= 0.3 is 0 Å². The van der Waals surface area contributed by atoms with Crippen LogP contribution in [-0.4, -0.2) is 49.0 Å². The van der Waals surface area contributed by atoms with E-state index in [1.165, 1.54) is 0 Å². The summed E-state index contributed by atoms with van der Waals surface area (Å²) in [6.07, 6.45) is 2.33. The Morgan fingerprint density at radius 3 is 2.54 bits per heavy atom. The Balaban J connectivity index is 1.96. The highest BCUT2D eigenvalue weighted by molar-refractivity contribution is 4.80. The van der Waals surface area contributed by atoms with Crippen molar-refractivity contribution in [3.8, 4) is 0 Å². The molecular formula is C9H19N3O. The van der Waals surface area contributed by atoms with Gasteiger partial charge in [-0.05, 0) is 19.8 Å². The quantitative estimate of drug-likeness (QED) is 0.632. The molecule has 2 rings (SSSR count). The van der Waals surface area contributed by atoms with Crippen molar-refractivity contribution in [2.24, 2.45) is 0 Å². The summed E-state index contributed by atoms with van der Waals surface area (Å²) >= 11 is 0. The molecule has 76 valence electrons. The van der Waals surface area contributed by atoms with Gasteiger partial charge in [0.1, 0.15) is 0 Å². The zero-order valence-corrected chi connectivity index (χ0v) is 8.49. The molecule has 2 fully saturated rings. The van der Waals surface area contributed by atoms with Gasteiger partial charge in [0.25, 0.3) is 0 Å². The number of ether oxygens (including phenoxy) is 1. The first kappa shape index (κ1) is 9.40. The van der Waals surface area contributed by atoms with Crippen molar-refractivity contribution in [2.45, 2.75) is 31.8 Å². The first-order valence-electron chi connectivity index (χ1n) is 5.12. The van der Waals surface area contributed by atoms with E-state index in [0.717, 1.165) is 32.6 Å². The molecular weight excluding hydrogens is 166 g/mol. The van der Waals surface area contributed by atoms with Gasteiger partial charge in [-0.1, -0.05) is 0 Å². The Labute approximate surface area is 79.8 Å². The number of nitrogens with zero attached hydrogens (tertiary/aromatic N) is 2. The van der Waals surface area contributed by atoms with E-state index in [0.29, 0.717) is 12.1 Å². The van der Waals surface area contributed by atoms with Gasteiger partial charge in [0.05, 0.1) is 0 Å². The molecule has 13 heavy (non-hydrogen) atoms. The molecule has 1 atom stereocenters. The summed E-state index contributed by atoms with van der Waals surface area (Å²) in [6, 6.07) is 1.29. The lowest BCUT2D eigenvalue weighted by Gasteiger charge is -2.36. The van der Waals surface area contributed by atoms with Crippen LogP contribution in [-0.2, 0) is 4.74 Å². The molecule has 2 aliphatic rings. The first-order valence-corrected chi connectivity index (χ1v) is 5.12. The maximum Gasteiger partial charge on any atom is 0.0481 e. The predicted molar refractivity (Wildman–Crippen MR) is 50.9 cm³/mol. The molecule has 0 aliphatic carbocycles. The molecule has 2 heterocycles. The maximum absolute atomic E-state index is 5.36. The van der Waals surface area contributed by atoms with Crippen molar-refractivity contribution < 1.29 is 4.74 Å². The number of hydrazine groups is 2. The molecule has 4 nitrogen and oxygen atoms in total. The minimum absolute atomic E-state index is 0.619. The minimum Gasteiger partial charge on any atom is -0.381 e. The van der Waals surface area contributed by atoms with E-state index in [1.54, 1.807) is 0 Å². The van der Waals surface area contributed by atoms with Crippen LogP contribution in [0.5, 0.6) is 0 Å². The van der Waals surface area contributed by atoms with Gasteiger partial charge in [0, 0.05) is 38.9 Å². The molecule has 0 aromatic rings. The lowest BCUT2D eigenvalue weighted by molar-refractivity contribution is -0.0788. The number of hydrogen-bond donors (Lipinski definition) is 1. The molecule has 0 bridgehead atoms. The van der Waals surface area contributed by atoms with Crippen molar-refractivity contribution in [1.82, 2.24) is 15.6 Å². The fourth-order valence-electron chi connectivity index (χ4n) is 2.29. The summed E-state index contributed by atoms with van der Waals surface area (Å²) in [4.78, 5) is 0. The normalized spacial score (nSPS) is 34.2. The number of hydrogen-bond acceptors (Lipinski definition) is 4. The number of rotatable bonds is 1. The summed E-state index contributed by atoms with van der Waals surface area (Å²) in [5.41, 5.74) is 3.34. The molecule has 0 radical (unpaired) electrons.